The molecule has 0 saturated heterocycles. The molecule has 2 aromatic rings. The van der Waals surface area contributed by atoms with Crippen molar-refractivity contribution in [2.75, 3.05) is 7.11 Å². The zero-order chi connectivity index (χ0) is 15.0. The van der Waals surface area contributed by atoms with Gasteiger partial charge in [0.2, 0.25) is 0 Å². The van der Waals surface area contributed by atoms with E-state index in [2.05, 4.69) is 74.6 Å². The van der Waals surface area contributed by atoms with E-state index in [9.17, 15) is 0 Å². The third-order valence-corrected chi connectivity index (χ3v) is 8.53. The summed E-state index contributed by atoms with van der Waals surface area (Å²) in [6, 6.07) is 15.3. The lowest BCUT2D eigenvalue weighted by molar-refractivity contribution is 0.415. The molecule has 0 heterocycles. The Balaban J connectivity index is 2.11. The highest BCUT2D eigenvalue weighted by Gasteiger charge is 2.38. The Bertz CT molecular complexity index is 700. The summed E-state index contributed by atoms with van der Waals surface area (Å²) in [5.41, 5.74) is 4.59. The van der Waals surface area contributed by atoms with Crippen molar-refractivity contribution >= 4 is 19.3 Å². The fraction of sp³-hybridized carbons (Fsp3) is 0.263. The Morgan fingerprint density at radius 3 is 2.52 bits per heavy atom. The zero-order valence-electron chi connectivity index (χ0n) is 13.2. The summed E-state index contributed by atoms with van der Waals surface area (Å²) >= 11 is 0. The molecule has 0 N–H and O–H groups in total. The van der Waals surface area contributed by atoms with Crippen LogP contribution in [0, 0.1) is 6.92 Å². The molecule has 1 aliphatic carbocycles. The first-order valence-corrected chi connectivity index (χ1v) is 10.5. The average Bonchev–Trinajstić information content (AvgIpc) is 2.91. The molecular formula is C19H22OSi. The van der Waals surface area contributed by atoms with Crippen LogP contribution < -0.4 is 9.92 Å². The molecule has 21 heavy (non-hydrogen) atoms. The minimum atomic E-state index is -1.71. The van der Waals surface area contributed by atoms with Crippen LogP contribution >= 0.6 is 0 Å². The van der Waals surface area contributed by atoms with Gasteiger partial charge in [0.15, 0.2) is 0 Å². The predicted octanol–water partition coefficient (Wildman–Crippen LogP) is 4.27. The van der Waals surface area contributed by atoms with Crippen molar-refractivity contribution in [3.63, 3.8) is 0 Å². The normalized spacial score (nSPS) is 16.9. The molecule has 0 aromatic heterocycles. The van der Waals surface area contributed by atoms with Crippen LogP contribution in [0.3, 0.4) is 0 Å². The van der Waals surface area contributed by atoms with Gasteiger partial charge in [0.1, 0.15) is 5.75 Å². The van der Waals surface area contributed by atoms with Crippen molar-refractivity contribution in [2.45, 2.75) is 25.6 Å². The van der Waals surface area contributed by atoms with Gasteiger partial charge in [-0.1, -0.05) is 67.7 Å². The number of hydrogen-bond acceptors (Lipinski definition) is 1. The zero-order valence-corrected chi connectivity index (χ0v) is 14.2. The van der Waals surface area contributed by atoms with Crippen LogP contribution in [-0.4, -0.2) is 15.2 Å². The number of benzene rings is 2. The maximum absolute atomic E-state index is 5.72. The van der Waals surface area contributed by atoms with E-state index in [0.29, 0.717) is 5.54 Å². The summed E-state index contributed by atoms with van der Waals surface area (Å²) in [6.45, 7) is 7.02. The Morgan fingerprint density at radius 1 is 1.00 bits per heavy atom. The quantitative estimate of drug-likeness (QED) is 0.768. The number of rotatable bonds is 3. The summed E-state index contributed by atoms with van der Waals surface area (Å²) in [5.74, 6) is 1.08. The molecule has 108 valence electrons. The second-order valence-corrected chi connectivity index (χ2v) is 10.9. The van der Waals surface area contributed by atoms with Crippen molar-refractivity contribution in [1.29, 1.82) is 0 Å². The van der Waals surface area contributed by atoms with Gasteiger partial charge in [0, 0.05) is 5.54 Å². The molecule has 0 amide bonds. The average molecular weight is 294 g/mol. The fourth-order valence-corrected chi connectivity index (χ4v) is 6.84. The van der Waals surface area contributed by atoms with Gasteiger partial charge in [0.05, 0.1) is 15.2 Å². The molecule has 0 bridgehead atoms. The molecule has 0 aliphatic heterocycles. The SMILES string of the molecule is COc1c(C)cccc1[Si](C)(C)C1C=Cc2ccccc21. The molecule has 1 nitrogen and oxygen atoms in total. The van der Waals surface area contributed by atoms with Gasteiger partial charge < -0.3 is 4.74 Å². The van der Waals surface area contributed by atoms with E-state index in [1.54, 1.807) is 7.11 Å². The van der Waals surface area contributed by atoms with E-state index in [1.165, 1.54) is 21.9 Å². The van der Waals surface area contributed by atoms with Crippen molar-refractivity contribution in [3.8, 4) is 5.75 Å². The fourth-order valence-electron chi connectivity index (χ4n) is 3.48. The van der Waals surface area contributed by atoms with Crippen LogP contribution in [0.25, 0.3) is 6.08 Å². The van der Waals surface area contributed by atoms with E-state index >= 15 is 0 Å². The topological polar surface area (TPSA) is 9.23 Å². The highest BCUT2D eigenvalue weighted by Crippen LogP contribution is 2.38. The first-order valence-electron chi connectivity index (χ1n) is 7.47. The number of allylic oxidation sites excluding steroid dienone is 1. The molecule has 0 spiro atoms. The summed E-state index contributed by atoms with van der Waals surface area (Å²) in [7, 11) is 0.0801. The smallest absolute Gasteiger partial charge is 0.121 e. The van der Waals surface area contributed by atoms with Gasteiger partial charge >= 0.3 is 0 Å². The van der Waals surface area contributed by atoms with Crippen molar-refractivity contribution in [1.82, 2.24) is 0 Å². The number of fused-ring (bicyclic) bond motifs is 1. The van der Waals surface area contributed by atoms with Gasteiger partial charge in [-0.2, -0.15) is 0 Å². The largest absolute Gasteiger partial charge is 0.497 e. The second-order valence-electron chi connectivity index (χ2n) is 6.34. The molecule has 0 fully saturated rings. The van der Waals surface area contributed by atoms with Crippen LogP contribution in [0.2, 0.25) is 13.1 Å². The molecule has 0 radical (unpaired) electrons. The third-order valence-electron chi connectivity index (χ3n) is 4.69. The van der Waals surface area contributed by atoms with Gasteiger partial charge in [-0.3, -0.25) is 0 Å². The third kappa shape index (κ3) is 2.24. The van der Waals surface area contributed by atoms with Gasteiger partial charge in [-0.25, -0.2) is 0 Å². The van der Waals surface area contributed by atoms with Crippen LogP contribution in [0.4, 0.5) is 0 Å². The maximum atomic E-state index is 5.72. The Kier molecular flexibility index (Phi) is 3.50. The molecule has 1 aliphatic rings. The molecule has 2 aromatic carbocycles. The molecule has 3 rings (SSSR count). The van der Waals surface area contributed by atoms with E-state index in [0.717, 1.165) is 5.75 Å². The van der Waals surface area contributed by atoms with Crippen molar-refractivity contribution in [2.24, 2.45) is 0 Å². The lowest BCUT2D eigenvalue weighted by atomic mass is 10.1. The molecular weight excluding hydrogens is 272 g/mol. The maximum Gasteiger partial charge on any atom is 0.121 e. The minimum Gasteiger partial charge on any atom is -0.497 e. The lowest BCUT2D eigenvalue weighted by Gasteiger charge is -2.32. The summed E-state index contributed by atoms with van der Waals surface area (Å²) in [5, 5.41) is 1.41. The van der Waals surface area contributed by atoms with E-state index in [-0.39, 0.29) is 0 Å². The minimum absolute atomic E-state index is 0.518. The summed E-state index contributed by atoms with van der Waals surface area (Å²) < 4.78 is 5.72. The lowest BCUT2D eigenvalue weighted by Crippen LogP contribution is -2.47. The van der Waals surface area contributed by atoms with Crippen molar-refractivity contribution < 1.29 is 4.74 Å². The van der Waals surface area contributed by atoms with E-state index in [1.807, 2.05) is 0 Å². The Morgan fingerprint density at radius 2 is 1.76 bits per heavy atom. The number of para-hydroxylation sites is 1. The summed E-state index contributed by atoms with van der Waals surface area (Å²) in [4.78, 5) is 0. The molecule has 1 atom stereocenters. The second kappa shape index (κ2) is 5.19. The van der Waals surface area contributed by atoms with Crippen LogP contribution in [-0.2, 0) is 0 Å². The van der Waals surface area contributed by atoms with Gasteiger partial charge in [-0.05, 0) is 28.8 Å². The van der Waals surface area contributed by atoms with Gasteiger partial charge in [-0.15, -0.1) is 0 Å². The molecule has 0 saturated carbocycles. The number of aryl methyl sites for hydroxylation is 1. The molecule has 1 unspecified atom stereocenters. The number of ether oxygens (including phenoxy) is 1. The van der Waals surface area contributed by atoms with E-state index in [4.69, 9.17) is 4.74 Å². The van der Waals surface area contributed by atoms with Crippen LogP contribution in [0.15, 0.2) is 48.5 Å². The summed E-state index contributed by atoms with van der Waals surface area (Å²) in [6.07, 6.45) is 4.66. The van der Waals surface area contributed by atoms with Gasteiger partial charge in [0.25, 0.3) is 0 Å². The Labute approximate surface area is 128 Å². The highest BCUT2D eigenvalue weighted by atomic mass is 28.3. The van der Waals surface area contributed by atoms with Crippen LogP contribution in [0.1, 0.15) is 22.2 Å². The number of methoxy groups -OCH3 is 1. The standard InChI is InChI=1S/C19H22OSi/c1-14-8-7-11-18(19(14)20-2)21(3,4)17-13-12-15-9-5-6-10-16(15)17/h5-13,17H,1-4H3. The number of hydrogen-bond donors (Lipinski definition) is 0. The van der Waals surface area contributed by atoms with Crippen LogP contribution in [0.5, 0.6) is 5.75 Å². The monoisotopic (exact) mass is 294 g/mol. The van der Waals surface area contributed by atoms with E-state index < -0.39 is 8.07 Å². The predicted molar refractivity (Wildman–Crippen MR) is 93.1 cm³/mol. The molecule has 2 heteroatoms. The Hall–Kier alpha value is -1.80. The first kappa shape index (κ1) is 14.1. The first-order chi connectivity index (χ1) is 10.1. The van der Waals surface area contributed by atoms with Crippen molar-refractivity contribution in [3.05, 3.63) is 65.2 Å². The highest BCUT2D eigenvalue weighted by molar-refractivity contribution is 6.92.